The van der Waals surface area contributed by atoms with E-state index < -0.39 is 12.7 Å². The monoisotopic (exact) mass is 200 g/mol. The van der Waals surface area contributed by atoms with Crippen molar-refractivity contribution in [2.75, 3.05) is 0 Å². The lowest BCUT2D eigenvalue weighted by molar-refractivity contribution is -0.139. The Labute approximate surface area is 78.0 Å². The third-order valence-corrected chi connectivity index (χ3v) is 1.92. The zero-order chi connectivity index (χ0) is 10.2. The quantitative estimate of drug-likeness (QED) is 0.691. The predicted molar refractivity (Wildman–Crippen MR) is 45.8 cm³/mol. The minimum atomic E-state index is -4.19. The van der Waals surface area contributed by atoms with Crippen molar-refractivity contribution in [1.29, 1.82) is 0 Å². The molecule has 0 aliphatic carbocycles. The van der Waals surface area contributed by atoms with Crippen LogP contribution >= 0.6 is 0 Å². The first-order chi connectivity index (χ1) is 6.56. The van der Waals surface area contributed by atoms with Gasteiger partial charge in [-0.3, -0.25) is 4.98 Å². The maximum atomic E-state index is 12.1. The van der Waals surface area contributed by atoms with E-state index in [4.69, 9.17) is 0 Å². The van der Waals surface area contributed by atoms with E-state index in [9.17, 15) is 13.2 Å². The van der Waals surface area contributed by atoms with Crippen LogP contribution < -0.4 is 0 Å². The number of rotatable bonds is 1. The Bertz CT molecular complexity index is 444. The third kappa shape index (κ3) is 1.71. The average Bonchev–Trinajstić information content (AvgIpc) is 2.47. The van der Waals surface area contributed by atoms with Gasteiger partial charge < -0.3 is 4.57 Å². The van der Waals surface area contributed by atoms with E-state index >= 15 is 0 Å². The van der Waals surface area contributed by atoms with Crippen LogP contribution in [0.4, 0.5) is 13.2 Å². The summed E-state index contributed by atoms with van der Waals surface area (Å²) in [6.07, 6.45) is 0.256. The Hall–Kier alpha value is -1.52. The second-order valence-electron chi connectivity index (χ2n) is 2.99. The number of pyridine rings is 1. The Morgan fingerprint density at radius 2 is 2.07 bits per heavy atom. The van der Waals surface area contributed by atoms with E-state index in [-0.39, 0.29) is 0 Å². The lowest BCUT2D eigenvalue weighted by Crippen LogP contribution is -2.16. The number of nitrogens with zero attached hydrogens (tertiary/aromatic N) is 2. The van der Waals surface area contributed by atoms with Crippen LogP contribution in [0.5, 0.6) is 0 Å². The van der Waals surface area contributed by atoms with Crippen molar-refractivity contribution >= 4 is 10.9 Å². The summed E-state index contributed by atoms with van der Waals surface area (Å²) < 4.78 is 37.5. The number of halogens is 3. The molecular weight excluding hydrogens is 193 g/mol. The first-order valence-corrected chi connectivity index (χ1v) is 4.02. The van der Waals surface area contributed by atoms with E-state index in [0.717, 1.165) is 9.95 Å². The molecule has 14 heavy (non-hydrogen) atoms. The molecule has 2 aromatic rings. The molecule has 0 N–H and O–H groups in total. The SMILES string of the molecule is FC(F)(F)Cn1ccc2cnccc21. The lowest BCUT2D eigenvalue weighted by Gasteiger charge is -2.08. The Morgan fingerprint density at radius 1 is 1.29 bits per heavy atom. The molecular formula is C9H7F3N2. The van der Waals surface area contributed by atoms with E-state index in [1.807, 2.05) is 0 Å². The first-order valence-electron chi connectivity index (χ1n) is 4.02. The molecule has 0 aliphatic rings. The van der Waals surface area contributed by atoms with Crippen LogP contribution in [0.1, 0.15) is 0 Å². The highest BCUT2D eigenvalue weighted by atomic mass is 19.4. The molecule has 0 aliphatic heterocycles. The summed E-state index contributed by atoms with van der Waals surface area (Å²) in [6, 6.07) is 3.19. The van der Waals surface area contributed by atoms with Crippen LogP contribution in [0, 0.1) is 0 Å². The van der Waals surface area contributed by atoms with Crippen LogP contribution in [-0.4, -0.2) is 15.7 Å². The first kappa shape index (κ1) is 9.05. The summed E-state index contributed by atoms with van der Waals surface area (Å²) >= 11 is 0. The van der Waals surface area contributed by atoms with E-state index in [2.05, 4.69) is 4.98 Å². The molecule has 5 heteroatoms. The molecule has 0 fully saturated rings. The highest BCUT2D eigenvalue weighted by Gasteiger charge is 2.28. The molecule has 0 amide bonds. The van der Waals surface area contributed by atoms with Crippen molar-refractivity contribution in [2.45, 2.75) is 12.7 Å². The largest absolute Gasteiger partial charge is 0.406 e. The molecule has 0 saturated heterocycles. The van der Waals surface area contributed by atoms with Gasteiger partial charge in [-0.2, -0.15) is 13.2 Å². The molecule has 0 bridgehead atoms. The maximum Gasteiger partial charge on any atom is 0.406 e. The molecule has 0 unspecified atom stereocenters. The van der Waals surface area contributed by atoms with Crippen molar-refractivity contribution in [1.82, 2.24) is 9.55 Å². The Balaban J connectivity index is 2.44. The second kappa shape index (κ2) is 3.01. The maximum absolute atomic E-state index is 12.1. The van der Waals surface area contributed by atoms with Gasteiger partial charge in [0.25, 0.3) is 0 Å². The number of alkyl halides is 3. The Kier molecular flexibility index (Phi) is 1.94. The Morgan fingerprint density at radius 3 is 2.79 bits per heavy atom. The fraction of sp³-hybridized carbons (Fsp3) is 0.222. The van der Waals surface area contributed by atoms with Crippen LogP contribution in [0.15, 0.2) is 30.7 Å². The summed E-state index contributed by atoms with van der Waals surface area (Å²) in [5, 5.41) is 0.719. The number of fused-ring (bicyclic) bond motifs is 1. The highest BCUT2D eigenvalue weighted by Crippen LogP contribution is 2.21. The van der Waals surface area contributed by atoms with Gasteiger partial charge in [0.1, 0.15) is 6.54 Å². The van der Waals surface area contributed by atoms with Crippen molar-refractivity contribution in [3.63, 3.8) is 0 Å². The molecule has 0 atom stereocenters. The minimum Gasteiger partial charge on any atom is -0.338 e. The zero-order valence-corrected chi connectivity index (χ0v) is 7.12. The molecule has 2 rings (SSSR count). The van der Waals surface area contributed by atoms with E-state index in [1.165, 1.54) is 12.4 Å². The van der Waals surface area contributed by atoms with Gasteiger partial charge >= 0.3 is 6.18 Å². The van der Waals surface area contributed by atoms with Crippen LogP contribution in [0.3, 0.4) is 0 Å². The van der Waals surface area contributed by atoms with Crippen LogP contribution in [-0.2, 0) is 6.54 Å². The van der Waals surface area contributed by atoms with Gasteiger partial charge in [-0.25, -0.2) is 0 Å². The van der Waals surface area contributed by atoms with Crippen molar-refractivity contribution in [3.05, 3.63) is 30.7 Å². The number of hydrogen-bond donors (Lipinski definition) is 0. The zero-order valence-electron chi connectivity index (χ0n) is 7.12. The number of hydrogen-bond acceptors (Lipinski definition) is 1. The molecule has 0 radical (unpaired) electrons. The van der Waals surface area contributed by atoms with Crippen molar-refractivity contribution < 1.29 is 13.2 Å². The minimum absolute atomic E-state index is 0.553. The molecule has 74 valence electrons. The summed E-state index contributed by atoms with van der Waals surface area (Å²) in [6.45, 7) is -0.958. The molecule has 2 heterocycles. The van der Waals surface area contributed by atoms with Gasteiger partial charge in [-0.05, 0) is 12.1 Å². The van der Waals surface area contributed by atoms with Crippen molar-refractivity contribution in [2.24, 2.45) is 0 Å². The standard InChI is InChI=1S/C9H7F3N2/c10-9(11,12)6-14-4-2-7-5-13-3-1-8(7)14/h1-5H,6H2. The van der Waals surface area contributed by atoms with Crippen LogP contribution in [0.25, 0.3) is 10.9 Å². The smallest absolute Gasteiger partial charge is 0.338 e. The summed E-state index contributed by atoms with van der Waals surface area (Å²) in [7, 11) is 0. The van der Waals surface area contributed by atoms with Gasteiger partial charge in [0.05, 0.1) is 5.52 Å². The fourth-order valence-electron chi connectivity index (χ4n) is 1.37. The molecule has 0 spiro atoms. The van der Waals surface area contributed by atoms with E-state index in [1.54, 1.807) is 18.3 Å². The summed E-state index contributed by atoms with van der Waals surface area (Å²) in [5.74, 6) is 0. The number of aromatic nitrogens is 2. The topological polar surface area (TPSA) is 17.8 Å². The van der Waals surface area contributed by atoms with Crippen molar-refractivity contribution in [3.8, 4) is 0 Å². The fourth-order valence-corrected chi connectivity index (χ4v) is 1.37. The lowest BCUT2D eigenvalue weighted by atomic mass is 10.3. The molecule has 2 aromatic heterocycles. The van der Waals surface area contributed by atoms with Gasteiger partial charge in [0, 0.05) is 24.0 Å². The average molecular weight is 200 g/mol. The van der Waals surface area contributed by atoms with E-state index in [0.29, 0.717) is 5.52 Å². The predicted octanol–water partition coefficient (Wildman–Crippen LogP) is 2.60. The third-order valence-electron chi connectivity index (χ3n) is 1.92. The van der Waals surface area contributed by atoms with Gasteiger partial charge in [-0.15, -0.1) is 0 Å². The normalized spacial score (nSPS) is 12.2. The molecule has 0 aromatic carbocycles. The second-order valence-corrected chi connectivity index (χ2v) is 2.99. The highest BCUT2D eigenvalue weighted by molar-refractivity contribution is 5.78. The summed E-state index contributed by atoms with van der Waals surface area (Å²) in [4.78, 5) is 3.83. The van der Waals surface area contributed by atoms with Gasteiger partial charge in [0.15, 0.2) is 0 Å². The molecule has 0 saturated carbocycles. The van der Waals surface area contributed by atoms with Crippen LogP contribution in [0.2, 0.25) is 0 Å². The van der Waals surface area contributed by atoms with Gasteiger partial charge in [-0.1, -0.05) is 0 Å². The molecule has 2 nitrogen and oxygen atoms in total. The van der Waals surface area contributed by atoms with Gasteiger partial charge in [0.2, 0.25) is 0 Å². The summed E-state index contributed by atoms with van der Waals surface area (Å²) in [5.41, 5.74) is 0.553.